The van der Waals surface area contributed by atoms with Crippen molar-refractivity contribution in [3.63, 3.8) is 0 Å². The van der Waals surface area contributed by atoms with Gasteiger partial charge in [-0.3, -0.25) is 4.79 Å². The predicted octanol–water partition coefficient (Wildman–Crippen LogP) is 3.75. The molecule has 4 aromatic rings. The molecule has 0 bridgehead atoms. The average molecular weight is 385 g/mol. The van der Waals surface area contributed by atoms with Crippen molar-refractivity contribution in [3.05, 3.63) is 77.3 Å². The maximum absolute atomic E-state index is 12.8. The van der Waals surface area contributed by atoms with Gasteiger partial charge in [-0.1, -0.05) is 30.3 Å². The molecule has 6 nitrogen and oxygen atoms in total. The van der Waals surface area contributed by atoms with Crippen LogP contribution in [0.3, 0.4) is 0 Å². The van der Waals surface area contributed by atoms with Crippen LogP contribution < -0.4 is 10.3 Å². The lowest BCUT2D eigenvalue weighted by Crippen LogP contribution is -2.36. The smallest absolute Gasteiger partial charge is 0.200 e. The number of anilines is 1. The van der Waals surface area contributed by atoms with E-state index in [9.17, 15) is 4.79 Å². The summed E-state index contributed by atoms with van der Waals surface area (Å²) in [5, 5.41) is 0.576. The topological polar surface area (TPSA) is 68.5 Å². The largest absolute Gasteiger partial charge is 0.440 e. The fourth-order valence-corrected chi connectivity index (χ4v) is 3.64. The predicted molar refractivity (Wildman–Crippen MR) is 112 cm³/mol. The third kappa shape index (κ3) is 3.39. The van der Waals surface area contributed by atoms with E-state index >= 15 is 0 Å². The van der Waals surface area contributed by atoms with E-state index in [0.29, 0.717) is 43.2 Å². The number of aromatic nitrogens is 2. The quantitative estimate of drug-likeness (QED) is 0.535. The molecular weight excluding hydrogens is 366 g/mol. The van der Waals surface area contributed by atoms with E-state index in [4.69, 9.17) is 9.15 Å². The molecule has 0 spiro atoms. The van der Waals surface area contributed by atoms with Crippen molar-refractivity contribution in [2.24, 2.45) is 0 Å². The Balaban J connectivity index is 1.65. The third-order valence-electron chi connectivity index (χ3n) is 5.12. The van der Waals surface area contributed by atoms with Crippen LogP contribution in [0.1, 0.15) is 0 Å². The van der Waals surface area contributed by atoms with E-state index < -0.39 is 0 Å². The maximum Gasteiger partial charge on any atom is 0.200 e. The second-order valence-electron chi connectivity index (χ2n) is 6.91. The zero-order valence-corrected chi connectivity index (χ0v) is 15.7. The van der Waals surface area contributed by atoms with E-state index in [2.05, 4.69) is 20.9 Å². The van der Waals surface area contributed by atoms with E-state index in [-0.39, 0.29) is 5.43 Å². The van der Waals surface area contributed by atoms with Crippen LogP contribution in [0.5, 0.6) is 0 Å². The number of fused-ring (bicyclic) bond motifs is 1. The molecule has 5 rings (SSSR count). The number of hydrogen-bond acceptors (Lipinski definition) is 6. The van der Waals surface area contributed by atoms with Crippen molar-refractivity contribution in [1.82, 2.24) is 9.97 Å². The molecule has 2 aromatic carbocycles. The molecular formula is C23H19N3O3. The first kappa shape index (κ1) is 17.6. The van der Waals surface area contributed by atoms with Crippen LogP contribution in [0.15, 0.2) is 76.3 Å². The van der Waals surface area contributed by atoms with Crippen LogP contribution in [0, 0.1) is 0 Å². The minimum absolute atomic E-state index is 0.0402. The van der Waals surface area contributed by atoms with Crippen LogP contribution in [-0.2, 0) is 4.74 Å². The number of morpholine rings is 1. The molecule has 2 aromatic heterocycles. The third-order valence-corrected chi connectivity index (χ3v) is 5.12. The van der Waals surface area contributed by atoms with Crippen molar-refractivity contribution < 1.29 is 9.15 Å². The van der Waals surface area contributed by atoms with Gasteiger partial charge in [0.05, 0.1) is 24.3 Å². The molecule has 1 saturated heterocycles. The number of rotatable bonds is 3. The summed E-state index contributed by atoms with van der Waals surface area (Å²) in [5.41, 5.74) is 4.23. The molecule has 3 heterocycles. The monoisotopic (exact) mass is 385 g/mol. The highest BCUT2D eigenvalue weighted by atomic mass is 16.5. The van der Waals surface area contributed by atoms with Crippen LogP contribution >= 0.6 is 0 Å². The summed E-state index contributed by atoms with van der Waals surface area (Å²) >= 11 is 0. The molecule has 29 heavy (non-hydrogen) atoms. The highest BCUT2D eigenvalue weighted by molar-refractivity contribution is 5.93. The standard InChI is InChI=1S/C23H19N3O3/c27-21-14-22(26-9-11-28-12-10-26)29-23-18(5-2-6-19(21)23)16-3-1-4-17(13-16)20-7-8-24-15-25-20/h1-8,13-15H,9-12H2. The number of para-hydroxylation sites is 1. The van der Waals surface area contributed by atoms with E-state index in [1.54, 1.807) is 12.3 Å². The lowest BCUT2D eigenvalue weighted by Gasteiger charge is -2.27. The van der Waals surface area contributed by atoms with E-state index in [0.717, 1.165) is 22.4 Å². The molecule has 0 atom stereocenters. The minimum atomic E-state index is -0.0402. The van der Waals surface area contributed by atoms with Gasteiger partial charge in [0, 0.05) is 36.5 Å². The van der Waals surface area contributed by atoms with Crippen molar-refractivity contribution in [1.29, 1.82) is 0 Å². The Hall–Kier alpha value is -3.51. The van der Waals surface area contributed by atoms with Gasteiger partial charge < -0.3 is 14.1 Å². The summed E-state index contributed by atoms with van der Waals surface area (Å²) < 4.78 is 11.7. The first-order valence-electron chi connectivity index (χ1n) is 9.56. The fourth-order valence-electron chi connectivity index (χ4n) is 3.64. The number of nitrogens with zero attached hydrogens (tertiary/aromatic N) is 3. The second-order valence-corrected chi connectivity index (χ2v) is 6.91. The van der Waals surface area contributed by atoms with Crippen molar-refractivity contribution in [2.75, 3.05) is 31.2 Å². The summed E-state index contributed by atoms with van der Waals surface area (Å²) in [6, 6.07) is 17.2. The number of benzene rings is 2. The van der Waals surface area contributed by atoms with Crippen LogP contribution in [0.25, 0.3) is 33.4 Å². The Kier molecular flexibility index (Phi) is 4.54. The summed E-state index contributed by atoms with van der Waals surface area (Å²) in [4.78, 5) is 23.1. The molecule has 0 unspecified atom stereocenters. The Morgan fingerprint density at radius 2 is 1.76 bits per heavy atom. The summed E-state index contributed by atoms with van der Waals surface area (Å²) in [5.74, 6) is 0.588. The van der Waals surface area contributed by atoms with Gasteiger partial charge in [0.15, 0.2) is 11.3 Å². The minimum Gasteiger partial charge on any atom is -0.440 e. The van der Waals surface area contributed by atoms with Gasteiger partial charge in [0.2, 0.25) is 0 Å². The first-order chi connectivity index (χ1) is 14.3. The molecule has 1 fully saturated rings. The van der Waals surface area contributed by atoms with Crippen LogP contribution in [-0.4, -0.2) is 36.3 Å². The molecule has 0 saturated carbocycles. The second kappa shape index (κ2) is 7.48. The molecule has 1 aliphatic rings. The molecule has 6 heteroatoms. The summed E-state index contributed by atoms with van der Waals surface area (Å²) in [7, 11) is 0. The Labute approximate surface area is 167 Å². The van der Waals surface area contributed by atoms with Gasteiger partial charge in [-0.15, -0.1) is 0 Å². The van der Waals surface area contributed by atoms with Crippen molar-refractivity contribution >= 4 is 16.9 Å². The molecule has 0 N–H and O–H groups in total. The van der Waals surface area contributed by atoms with E-state index in [1.807, 2.05) is 42.5 Å². The van der Waals surface area contributed by atoms with Gasteiger partial charge in [0.25, 0.3) is 0 Å². The highest BCUT2D eigenvalue weighted by Gasteiger charge is 2.17. The van der Waals surface area contributed by atoms with Crippen molar-refractivity contribution in [3.8, 4) is 22.4 Å². The first-order valence-corrected chi connectivity index (χ1v) is 9.56. The lowest BCUT2D eigenvalue weighted by molar-refractivity contribution is 0.121. The number of hydrogen-bond donors (Lipinski definition) is 0. The Morgan fingerprint density at radius 1 is 0.931 bits per heavy atom. The van der Waals surface area contributed by atoms with Crippen LogP contribution in [0.4, 0.5) is 5.88 Å². The Morgan fingerprint density at radius 3 is 2.59 bits per heavy atom. The normalized spacial score (nSPS) is 14.3. The van der Waals surface area contributed by atoms with Gasteiger partial charge in [-0.25, -0.2) is 9.97 Å². The average Bonchev–Trinajstić information content (AvgIpc) is 2.80. The maximum atomic E-state index is 12.8. The van der Waals surface area contributed by atoms with Gasteiger partial charge in [0.1, 0.15) is 11.9 Å². The van der Waals surface area contributed by atoms with Gasteiger partial charge in [-0.2, -0.15) is 0 Å². The van der Waals surface area contributed by atoms with Gasteiger partial charge >= 0.3 is 0 Å². The van der Waals surface area contributed by atoms with Gasteiger partial charge in [-0.05, 0) is 23.8 Å². The lowest BCUT2D eigenvalue weighted by atomic mass is 9.99. The van der Waals surface area contributed by atoms with Crippen LogP contribution in [0.2, 0.25) is 0 Å². The molecule has 0 aliphatic carbocycles. The Bertz CT molecular complexity index is 1210. The zero-order chi connectivity index (χ0) is 19.6. The summed E-state index contributed by atoms with van der Waals surface area (Å²) in [6.07, 6.45) is 3.26. The van der Waals surface area contributed by atoms with Crippen molar-refractivity contribution in [2.45, 2.75) is 0 Å². The molecule has 144 valence electrons. The van der Waals surface area contributed by atoms with E-state index in [1.165, 1.54) is 6.33 Å². The SMILES string of the molecule is O=c1cc(N2CCOCC2)oc2c(-c3cccc(-c4ccncn4)c3)cccc12. The molecule has 1 aliphatic heterocycles. The summed E-state index contributed by atoms with van der Waals surface area (Å²) in [6.45, 7) is 2.67. The zero-order valence-electron chi connectivity index (χ0n) is 15.7. The highest BCUT2D eigenvalue weighted by Crippen LogP contribution is 2.32. The fraction of sp³-hybridized carbons (Fsp3) is 0.174. The molecule has 0 radical (unpaired) electrons. The molecule has 0 amide bonds. The number of ether oxygens (including phenoxy) is 1.